The third-order valence-corrected chi connectivity index (χ3v) is 6.04. The van der Waals surface area contributed by atoms with Crippen LogP contribution in [0.5, 0.6) is 0 Å². The molecule has 0 unspecified atom stereocenters. The highest BCUT2D eigenvalue weighted by molar-refractivity contribution is 7.11. The van der Waals surface area contributed by atoms with E-state index in [-0.39, 0.29) is 5.54 Å². The molecule has 0 saturated heterocycles. The summed E-state index contributed by atoms with van der Waals surface area (Å²) >= 11 is 1.81. The van der Waals surface area contributed by atoms with Crippen LogP contribution in [0.4, 0.5) is 0 Å². The summed E-state index contributed by atoms with van der Waals surface area (Å²) in [7, 11) is 0. The van der Waals surface area contributed by atoms with Gasteiger partial charge < -0.3 is 5.73 Å². The fourth-order valence-electron chi connectivity index (χ4n) is 3.37. The maximum absolute atomic E-state index is 6.71. The Hall–Kier alpha value is -1.19. The molecule has 0 radical (unpaired) electrons. The molecule has 1 aliphatic rings. The molecule has 1 saturated carbocycles. The van der Waals surface area contributed by atoms with Crippen LogP contribution in [0.25, 0.3) is 0 Å². The standard InChI is InChI=1S/C18H24N2S/c1-3-16-13(2)21-17(20-16)18(19)11-9-15(10-12-18)14-7-5-4-6-8-14/h4-8,15H,3,9-12,19H2,1-2H3. The zero-order chi connectivity index (χ0) is 14.9. The van der Waals surface area contributed by atoms with Crippen molar-refractivity contribution >= 4 is 11.3 Å². The number of rotatable bonds is 3. The molecule has 112 valence electrons. The molecule has 2 aromatic rings. The molecule has 1 aliphatic carbocycles. The van der Waals surface area contributed by atoms with Crippen LogP contribution in [-0.2, 0) is 12.0 Å². The summed E-state index contributed by atoms with van der Waals surface area (Å²) in [6, 6.07) is 10.9. The summed E-state index contributed by atoms with van der Waals surface area (Å²) in [5.41, 5.74) is 9.19. The minimum absolute atomic E-state index is 0.200. The molecule has 2 N–H and O–H groups in total. The molecule has 1 aromatic carbocycles. The SMILES string of the molecule is CCc1nc(C2(N)CCC(c3ccccc3)CC2)sc1C. The monoisotopic (exact) mass is 300 g/mol. The lowest BCUT2D eigenvalue weighted by Crippen LogP contribution is -2.40. The minimum atomic E-state index is -0.200. The van der Waals surface area contributed by atoms with E-state index in [9.17, 15) is 0 Å². The van der Waals surface area contributed by atoms with Gasteiger partial charge in [-0.25, -0.2) is 4.98 Å². The van der Waals surface area contributed by atoms with Gasteiger partial charge >= 0.3 is 0 Å². The maximum Gasteiger partial charge on any atom is 0.113 e. The molecule has 0 amide bonds. The normalized spacial score (nSPS) is 26.0. The van der Waals surface area contributed by atoms with E-state index in [2.05, 4.69) is 44.2 Å². The third kappa shape index (κ3) is 2.90. The first-order chi connectivity index (χ1) is 10.1. The largest absolute Gasteiger partial charge is 0.319 e. The van der Waals surface area contributed by atoms with Crippen LogP contribution < -0.4 is 5.73 Å². The molecule has 0 atom stereocenters. The topological polar surface area (TPSA) is 38.9 Å². The molecule has 3 heteroatoms. The van der Waals surface area contributed by atoms with Crippen LogP contribution in [0.3, 0.4) is 0 Å². The van der Waals surface area contributed by atoms with E-state index in [1.165, 1.54) is 29.0 Å². The van der Waals surface area contributed by atoms with Crippen molar-refractivity contribution in [1.29, 1.82) is 0 Å². The van der Waals surface area contributed by atoms with Crippen molar-refractivity contribution in [2.75, 3.05) is 0 Å². The Balaban J connectivity index is 1.74. The van der Waals surface area contributed by atoms with Gasteiger partial charge in [0.2, 0.25) is 0 Å². The van der Waals surface area contributed by atoms with Crippen molar-refractivity contribution in [2.24, 2.45) is 5.73 Å². The number of nitrogens with two attached hydrogens (primary N) is 1. The number of thiazole rings is 1. The van der Waals surface area contributed by atoms with Gasteiger partial charge in [-0.2, -0.15) is 0 Å². The Morgan fingerprint density at radius 1 is 1.24 bits per heavy atom. The Bertz CT molecular complexity index is 595. The van der Waals surface area contributed by atoms with Gasteiger partial charge in [0.25, 0.3) is 0 Å². The second-order valence-electron chi connectivity index (χ2n) is 6.22. The van der Waals surface area contributed by atoms with E-state index >= 15 is 0 Å². The predicted molar refractivity (Wildman–Crippen MR) is 89.7 cm³/mol. The molecule has 0 spiro atoms. The summed E-state index contributed by atoms with van der Waals surface area (Å²) in [6.45, 7) is 4.33. The lowest BCUT2D eigenvalue weighted by Gasteiger charge is -2.36. The second-order valence-corrected chi connectivity index (χ2v) is 7.42. The van der Waals surface area contributed by atoms with Crippen molar-refractivity contribution in [2.45, 2.75) is 57.4 Å². The van der Waals surface area contributed by atoms with Crippen molar-refractivity contribution < 1.29 is 0 Å². The van der Waals surface area contributed by atoms with Gasteiger partial charge in [-0.05, 0) is 50.5 Å². The molecular formula is C18H24N2S. The zero-order valence-corrected chi connectivity index (χ0v) is 13.7. The van der Waals surface area contributed by atoms with Crippen LogP contribution in [0.2, 0.25) is 0 Å². The summed E-state index contributed by atoms with van der Waals surface area (Å²) in [5, 5.41) is 1.16. The number of aryl methyl sites for hydroxylation is 2. The predicted octanol–water partition coefficient (Wildman–Crippen LogP) is 4.53. The van der Waals surface area contributed by atoms with Crippen molar-refractivity contribution in [1.82, 2.24) is 4.98 Å². The molecular weight excluding hydrogens is 276 g/mol. The second kappa shape index (κ2) is 5.90. The van der Waals surface area contributed by atoms with E-state index in [0.717, 1.165) is 24.3 Å². The molecule has 1 fully saturated rings. The summed E-state index contributed by atoms with van der Waals surface area (Å²) in [5.74, 6) is 0.662. The molecule has 3 rings (SSSR count). The highest BCUT2D eigenvalue weighted by atomic mass is 32.1. The average molecular weight is 300 g/mol. The fraction of sp³-hybridized carbons (Fsp3) is 0.500. The van der Waals surface area contributed by atoms with Gasteiger partial charge in [-0.3, -0.25) is 0 Å². The lowest BCUT2D eigenvalue weighted by atomic mass is 9.75. The van der Waals surface area contributed by atoms with E-state index < -0.39 is 0 Å². The molecule has 1 heterocycles. The maximum atomic E-state index is 6.71. The number of hydrogen-bond acceptors (Lipinski definition) is 3. The van der Waals surface area contributed by atoms with E-state index in [0.29, 0.717) is 5.92 Å². The molecule has 0 aliphatic heterocycles. The summed E-state index contributed by atoms with van der Waals surface area (Å²) in [4.78, 5) is 6.15. The van der Waals surface area contributed by atoms with Crippen molar-refractivity contribution in [3.8, 4) is 0 Å². The van der Waals surface area contributed by atoms with Gasteiger partial charge in [0, 0.05) is 4.88 Å². The fourth-order valence-corrected chi connectivity index (χ4v) is 4.54. The zero-order valence-electron chi connectivity index (χ0n) is 12.9. The summed E-state index contributed by atoms with van der Waals surface area (Å²) in [6.07, 6.45) is 5.43. The number of aromatic nitrogens is 1. The van der Waals surface area contributed by atoms with Crippen LogP contribution in [0, 0.1) is 6.92 Å². The van der Waals surface area contributed by atoms with Crippen LogP contribution >= 0.6 is 11.3 Å². The van der Waals surface area contributed by atoms with Gasteiger partial charge in [-0.15, -0.1) is 11.3 Å². The van der Waals surface area contributed by atoms with Gasteiger partial charge in [0.15, 0.2) is 0 Å². The Morgan fingerprint density at radius 3 is 2.48 bits per heavy atom. The quantitative estimate of drug-likeness (QED) is 0.904. The first-order valence-electron chi connectivity index (χ1n) is 7.93. The van der Waals surface area contributed by atoms with E-state index in [1.807, 2.05) is 0 Å². The molecule has 21 heavy (non-hydrogen) atoms. The van der Waals surface area contributed by atoms with E-state index in [4.69, 9.17) is 10.7 Å². The van der Waals surface area contributed by atoms with Crippen LogP contribution in [0.15, 0.2) is 30.3 Å². The van der Waals surface area contributed by atoms with Crippen molar-refractivity contribution in [3.63, 3.8) is 0 Å². The van der Waals surface area contributed by atoms with Crippen LogP contribution in [0.1, 0.15) is 59.7 Å². The van der Waals surface area contributed by atoms with Crippen LogP contribution in [-0.4, -0.2) is 4.98 Å². The van der Waals surface area contributed by atoms with Gasteiger partial charge in [-0.1, -0.05) is 37.3 Å². The third-order valence-electron chi connectivity index (χ3n) is 4.80. The van der Waals surface area contributed by atoms with E-state index in [1.54, 1.807) is 11.3 Å². The molecule has 2 nitrogen and oxygen atoms in total. The Morgan fingerprint density at radius 2 is 1.90 bits per heavy atom. The first-order valence-corrected chi connectivity index (χ1v) is 8.74. The smallest absolute Gasteiger partial charge is 0.113 e. The number of hydrogen-bond donors (Lipinski definition) is 1. The first kappa shape index (κ1) is 14.7. The van der Waals surface area contributed by atoms with Crippen molar-refractivity contribution in [3.05, 3.63) is 51.5 Å². The highest BCUT2D eigenvalue weighted by Crippen LogP contribution is 2.43. The number of benzene rings is 1. The highest BCUT2D eigenvalue weighted by Gasteiger charge is 2.36. The average Bonchev–Trinajstić information content (AvgIpc) is 2.91. The van der Waals surface area contributed by atoms with Gasteiger partial charge in [0.1, 0.15) is 5.01 Å². The van der Waals surface area contributed by atoms with Gasteiger partial charge in [0.05, 0.1) is 11.2 Å². The number of nitrogens with zero attached hydrogens (tertiary/aromatic N) is 1. The molecule has 0 bridgehead atoms. The Kier molecular flexibility index (Phi) is 4.14. The molecule has 1 aromatic heterocycles. The Labute approximate surface area is 131 Å². The lowest BCUT2D eigenvalue weighted by molar-refractivity contribution is 0.276. The minimum Gasteiger partial charge on any atom is -0.319 e. The summed E-state index contributed by atoms with van der Waals surface area (Å²) < 4.78 is 0.